The molecule has 110 valence electrons. The molecule has 7 heteroatoms. The fourth-order valence-electron chi connectivity index (χ4n) is 2.57. The van der Waals surface area contributed by atoms with Gasteiger partial charge in [-0.1, -0.05) is 11.6 Å². The molecule has 0 aliphatic carbocycles. The van der Waals surface area contributed by atoms with Crippen LogP contribution in [0.25, 0.3) is 21.8 Å². The van der Waals surface area contributed by atoms with Gasteiger partial charge in [-0.25, -0.2) is 0 Å². The Labute approximate surface area is 125 Å². The molecule has 0 aliphatic heterocycles. The van der Waals surface area contributed by atoms with Gasteiger partial charge in [0.1, 0.15) is 5.52 Å². The Morgan fingerprint density at radius 2 is 2.24 bits per heavy atom. The molecule has 3 aromatic rings. The highest BCUT2D eigenvalue weighted by atomic mass is 35.5. The number of hydrogen-bond donors (Lipinski definition) is 3. The van der Waals surface area contributed by atoms with Crippen molar-refractivity contribution in [2.45, 2.75) is 19.6 Å². The predicted octanol–water partition coefficient (Wildman–Crippen LogP) is 1.37. The summed E-state index contributed by atoms with van der Waals surface area (Å²) in [4.78, 5) is 12.7. The van der Waals surface area contributed by atoms with Gasteiger partial charge in [-0.15, -0.1) is 0 Å². The van der Waals surface area contributed by atoms with Crippen LogP contribution in [0, 0.1) is 0 Å². The number of rotatable bonds is 4. The monoisotopic (exact) mass is 306 g/mol. The number of nitrogens with zero attached hydrogens (tertiary/aromatic N) is 2. The van der Waals surface area contributed by atoms with Crippen LogP contribution in [-0.2, 0) is 13.2 Å². The molecule has 0 radical (unpaired) electrons. The summed E-state index contributed by atoms with van der Waals surface area (Å²) in [5.74, 6) is 0. The molecule has 1 aromatic carbocycles. The molecule has 0 saturated carbocycles. The summed E-state index contributed by atoms with van der Waals surface area (Å²) in [7, 11) is 0. The van der Waals surface area contributed by atoms with E-state index in [9.17, 15) is 9.90 Å². The third kappa shape index (κ3) is 2.21. The number of benzene rings is 1. The zero-order chi connectivity index (χ0) is 15.0. The number of nitrogens with one attached hydrogen (secondary N) is 1. The summed E-state index contributed by atoms with van der Waals surface area (Å²) < 4.78 is 1.66. The van der Waals surface area contributed by atoms with Crippen LogP contribution in [0.1, 0.15) is 12.1 Å². The lowest BCUT2D eigenvalue weighted by molar-refractivity contribution is 0.278. The average molecular weight is 307 g/mol. The van der Waals surface area contributed by atoms with Crippen molar-refractivity contribution in [1.82, 2.24) is 14.8 Å². The van der Waals surface area contributed by atoms with Crippen LogP contribution in [-0.4, -0.2) is 26.4 Å². The number of nitrogens with two attached hydrogens (primary N) is 1. The summed E-state index contributed by atoms with van der Waals surface area (Å²) in [6, 6.07) is 5.33. The van der Waals surface area contributed by atoms with Gasteiger partial charge in [-0.3, -0.25) is 9.89 Å². The maximum Gasteiger partial charge on any atom is 0.262 e. The molecule has 2 heterocycles. The Hall–Kier alpha value is -1.89. The maximum absolute atomic E-state index is 12.7. The standard InChI is InChI=1S/C14H15ClN4O2/c15-8-2-3-11-9(6-8)13-12(10(7-20)17-18-13)14(21)19(11)5-1-4-16/h2-3,6,20H,1,4-5,7,16H2,(H,17,18). The van der Waals surface area contributed by atoms with Gasteiger partial charge in [-0.2, -0.15) is 5.10 Å². The van der Waals surface area contributed by atoms with E-state index in [1.807, 2.05) is 6.07 Å². The Morgan fingerprint density at radius 1 is 1.43 bits per heavy atom. The number of halogens is 1. The Balaban J connectivity index is 2.45. The third-order valence-electron chi connectivity index (χ3n) is 3.55. The van der Waals surface area contributed by atoms with Crippen LogP contribution in [0.2, 0.25) is 5.02 Å². The van der Waals surface area contributed by atoms with Crippen molar-refractivity contribution in [3.8, 4) is 0 Å². The first-order valence-corrected chi connectivity index (χ1v) is 7.05. The van der Waals surface area contributed by atoms with E-state index >= 15 is 0 Å². The molecule has 3 rings (SSSR count). The lowest BCUT2D eigenvalue weighted by atomic mass is 10.1. The predicted molar refractivity (Wildman–Crippen MR) is 82.5 cm³/mol. The molecule has 0 saturated heterocycles. The van der Waals surface area contributed by atoms with Crippen molar-refractivity contribution in [2.24, 2.45) is 5.73 Å². The van der Waals surface area contributed by atoms with Gasteiger partial charge in [0.15, 0.2) is 0 Å². The maximum atomic E-state index is 12.7. The minimum absolute atomic E-state index is 0.175. The zero-order valence-electron chi connectivity index (χ0n) is 11.3. The van der Waals surface area contributed by atoms with Gasteiger partial charge in [0, 0.05) is 17.0 Å². The van der Waals surface area contributed by atoms with Crippen LogP contribution >= 0.6 is 11.6 Å². The van der Waals surface area contributed by atoms with Gasteiger partial charge in [0.25, 0.3) is 5.56 Å². The quantitative estimate of drug-likeness (QED) is 0.678. The van der Waals surface area contributed by atoms with E-state index in [0.29, 0.717) is 41.1 Å². The molecule has 0 amide bonds. The first kappa shape index (κ1) is 14.1. The van der Waals surface area contributed by atoms with E-state index in [0.717, 1.165) is 10.9 Å². The first-order chi connectivity index (χ1) is 10.2. The van der Waals surface area contributed by atoms with Crippen LogP contribution in [0.4, 0.5) is 0 Å². The normalized spacial score (nSPS) is 11.6. The lowest BCUT2D eigenvalue weighted by Crippen LogP contribution is -2.22. The van der Waals surface area contributed by atoms with Gasteiger partial charge in [0.2, 0.25) is 0 Å². The fourth-order valence-corrected chi connectivity index (χ4v) is 2.74. The van der Waals surface area contributed by atoms with E-state index in [2.05, 4.69) is 10.2 Å². The Bertz CT molecular complexity index is 869. The highest BCUT2D eigenvalue weighted by Gasteiger charge is 2.16. The van der Waals surface area contributed by atoms with E-state index in [4.69, 9.17) is 17.3 Å². The molecule has 6 nitrogen and oxygen atoms in total. The number of aliphatic hydroxyl groups is 1. The van der Waals surface area contributed by atoms with Gasteiger partial charge in [0.05, 0.1) is 23.2 Å². The largest absolute Gasteiger partial charge is 0.390 e. The zero-order valence-corrected chi connectivity index (χ0v) is 12.0. The minimum Gasteiger partial charge on any atom is -0.390 e. The molecule has 0 bridgehead atoms. The molecule has 0 fully saturated rings. The van der Waals surface area contributed by atoms with E-state index < -0.39 is 0 Å². The van der Waals surface area contributed by atoms with Crippen molar-refractivity contribution in [1.29, 1.82) is 0 Å². The molecule has 2 aromatic heterocycles. The second-order valence-electron chi connectivity index (χ2n) is 4.84. The lowest BCUT2D eigenvalue weighted by Gasteiger charge is -2.11. The van der Waals surface area contributed by atoms with Gasteiger partial charge in [-0.05, 0) is 31.2 Å². The van der Waals surface area contributed by atoms with Crippen LogP contribution in [0.5, 0.6) is 0 Å². The summed E-state index contributed by atoms with van der Waals surface area (Å²) in [5.41, 5.74) is 7.09. The first-order valence-electron chi connectivity index (χ1n) is 6.67. The van der Waals surface area contributed by atoms with Gasteiger partial charge >= 0.3 is 0 Å². The number of H-pyrrole nitrogens is 1. The van der Waals surface area contributed by atoms with E-state index in [1.165, 1.54) is 0 Å². The highest BCUT2D eigenvalue weighted by Crippen LogP contribution is 2.26. The summed E-state index contributed by atoms with van der Waals surface area (Å²) in [6.45, 7) is 0.742. The van der Waals surface area contributed by atoms with Crippen LogP contribution in [0.3, 0.4) is 0 Å². The molecule has 21 heavy (non-hydrogen) atoms. The second-order valence-corrected chi connectivity index (χ2v) is 5.28. The smallest absolute Gasteiger partial charge is 0.262 e. The Morgan fingerprint density at radius 3 is 2.95 bits per heavy atom. The van der Waals surface area contributed by atoms with Crippen molar-refractivity contribution >= 4 is 33.4 Å². The fraction of sp³-hybridized carbons (Fsp3) is 0.286. The molecule has 0 spiro atoms. The molecular formula is C14H15ClN4O2. The van der Waals surface area contributed by atoms with E-state index in [1.54, 1.807) is 16.7 Å². The molecule has 0 atom stereocenters. The number of aromatic nitrogens is 3. The number of hydrogen-bond acceptors (Lipinski definition) is 4. The summed E-state index contributed by atoms with van der Waals surface area (Å²) in [5, 5.41) is 18.0. The second kappa shape index (κ2) is 5.48. The topological polar surface area (TPSA) is 96.9 Å². The number of aliphatic hydroxyl groups excluding tert-OH is 1. The highest BCUT2D eigenvalue weighted by molar-refractivity contribution is 6.31. The van der Waals surface area contributed by atoms with Crippen molar-refractivity contribution in [3.63, 3.8) is 0 Å². The molecular weight excluding hydrogens is 292 g/mol. The van der Waals surface area contributed by atoms with Crippen LogP contribution < -0.4 is 11.3 Å². The number of aryl methyl sites for hydroxylation is 1. The number of fused-ring (bicyclic) bond motifs is 3. The molecule has 4 N–H and O–H groups in total. The minimum atomic E-state index is -0.269. The molecule has 0 aliphatic rings. The van der Waals surface area contributed by atoms with Crippen molar-refractivity contribution in [3.05, 3.63) is 39.3 Å². The average Bonchev–Trinajstić information content (AvgIpc) is 2.92. The van der Waals surface area contributed by atoms with E-state index in [-0.39, 0.29) is 12.2 Å². The summed E-state index contributed by atoms with van der Waals surface area (Å²) in [6.07, 6.45) is 0.690. The summed E-state index contributed by atoms with van der Waals surface area (Å²) >= 11 is 6.06. The molecule has 0 unspecified atom stereocenters. The number of pyridine rings is 1. The van der Waals surface area contributed by atoms with Gasteiger partial charge < -0.3 is 15.4 Å². The van der Waals surface area contributed by atoms with Crippen LogP contribution in [0.15, 0.2) is 23.0 Å². The Kier molecular flexibility index (Phi) is 3.67. The third-order valence-corrected chi connectivity index (χ3v) is 3.78. The number of aromatic amines is 1. The SMILES string of the molecule is NCCCn1c(=O)c2c(CO)[nH]nc2c2cc(Cl)ccc21. The van der Waals surface area contributed by atoms with Crippen molar-refractivity contribution < 1.29 is 5.11 Å². The van der Waals surface area contributed by atoms with Crippen molar-refractivity contribution in [2.75, 3.05) is 6.54 Å².